The maximum atomic E-state index is 5.94. The maximum Gasteiger partial charge on any atom is 0.154 e. The van der Waals surface area contributed by atoms with Gasteiger partial charge in [0.25, 0.3) is 0 Å². The van der Waals surface area contributed by atoms with E-state index in [0.29, 0.717) is 5.17 Å². The van der Waals surface area contributed by atoms with Gasteiger partial charge in [-0.2, -0.15) is 0 Å². The molecule has 1 aliphatic heterocycles. The van der Waals surface area contributed by atoms with E-state index in [2.05, 4.69) is 43.3 Å². The van der Waals surface area contributed by atoms with Gasteiger partial charge in [0.1, 0.15) is 0 Å². The monoisotopic (exact) mass is 344 g/mol. The molecule has 0 aliphatic carbocycles. The number of aryl methyl sites for hydroxylation is 2. The van der Waals surface area contributed by atoms with Crippen molar-refractivity contribution in [1.82, 2.24) is 0 Å². The molecule has 0 amide bonds. The SMILES string of the molecule is CC1(c2cccc(CCc3ccc(Cl)cc3)c2)CCSC(N)=N1. The van der Waals surface area contributed by atoms with Crippen LogP contribution in [0.25, 0.3) is 0 Å². The molecule has 0 fully saturated rings. The Morgan fingerprint density at radius 3 is 2.61 bits per heavy atom. The molecule has 3 rings (SSSR count). The maximum absolute atomic E-state index is 5.94. The van der Waals surface area contributed by atoms with E-state index >= 15 is 0 Å². The Kier molecular flexibility index (Phi) is 4.98. The average Bonchev–Trinajstić information content (AvgIpc) is 2.54. The third kappa shape index (κ3) is 4.10. The van der Waals surface area contributed by atoms with Crippen LogP contribution in [0.5, 0.6) is 0 Å². The van der Waals surface area contributed by atoms with E-state index in [1.807, 2.05) is 12.1 Å². The second-order valence-electron chi connectivity index (χ2n) is 6.15. The van der Waals surface area contributed by atoms with Gasteiger partial charge in [-0.15, -0.1) is 0 Å². The summed E-state index contributed by atoms with van der Waals surface area (Å²) >= 11 is 7.58. The van der Waals surface area contributed by atoms with Crippen molar-refractivity contribution in [3.05, 3.63) is 70.2 Å². The van der Waals surface area contributed by atoms with Crippen LogP contribution in [0, 0.1) is 0 Å². The Balaban J connectivity index is 1.75. The van der Waals surface area contributed by atoms with Gasteiger partial charge in [-0.3, -0.25) is 4.99 Å². The number of benzene rings is 2. The lowest BCUT2D eigenvalue weighted by Gasteiger charge is -2.30. The van der Waals surface area contributed by atoms with Crippen LogP contribution in [0.2, 0.25) is 5.02 Å². The summed E-state index contributed by atoms with van der Waals surface area (Å²) in [7, 11) is 0. The molecule has 0 saturated carbocycles. The minimum atomic E-state index is -0.189. The number of halogens is 1. The van der Waals surface area contributed by atoms with Gasteiger partial charge < -0.3 is 5.73 Å². The molecule has 1 atom stereocenters. The molecule has 1 aliphatic rings. The van der Waals surface area contributed by atoms with E-state index in [1.54, 1.807) is 11.8 Å². The highest BCUT2D eigenvalue weighted by Gasteiger charge is 2.29. The molecule has 2 aromatic rings. The van der Waals surface area contributed by atoms with Gasteiger partial charge in [0.15, 0.2) is 5.17 Å². The van der Waals surface area contributed by atoms with Crippen LogP contribution in [0.4, 0.5) is 0 Å². The van der Waals surface area contributed by atoms with Crippen LogP contribution in [0.15, 0.2) is 53.5 Å². The van der Waals surface area contributed by atoms with Gasteiger partial charge in [0.2, 0.25) is 0 Å². The lowest BCUT2D eigenvalue weighted by atomic mass is 9.88. The molecule has 2 nitrogen and oxygen atoms in total. The van der Waals surface area contributed by atoms with Crippen molar-refractivity contribution >= 4 is 28.5 Å². The van der Waals surface area contributed by atoms with Crippen molar-refractivity contribution in [2.45, 2.75) is 31.7 Å². The van der Waals surface area contributed by atoms with Crippen LogP contribution in [-0.4, -0.2) is 10.9 Å². The van der Waals surface area contributed by atoms with E-state index < -0.39 is 0 Å². The van der Waals surface area contributed by atoms with E-state index in [4.69, 9.17) is 22.3 Å². The first-order valence-electron chi connectivity index (χ1n) is 7.87. The fourth-order valence-corrected chi connectivity index (χ4v) is 4.00. The van der Waals surface area contributed by atoms with Crippen molar-refractivity contribution in [2.75, 3.05) is 5.75 Å². The van der Waals surface area contributed by atoms with E-state index in [9.17, 15) is 0 Å². The molecule has 0 saturated heterocycles. The summed E-state index contributed by atoms with van der Waals surface area (Å²) < 4.78 is 0. The summed E-state index contributed by atoms with van der Waals surface area (Å²) in [6, 6.07) is 16.9. The normalized spacial score (nSPS) is 21.0. The fourth-order valence-electron chi connectivity index (χ4n) is 2.90. The van der Waals surface area contributed by atoms with Crippen LogP contribution in [0.1, 0.15) is 30.0 Å². The minimum absolute atomic E-state index is 0.189. The second kappa shape index (κ2) is 6.98. The quantitative estimate of drug-likeness (QED) is 0.865. The van der Waals surface area contributed by atoms with Crippen molar-refractivity contribution in [3.8, 4) is 0 Å². The highest BCUT2D eigenvalue weighted by Crippen LogP contribution is 2.35. The summed E-state index contributed by atoms with van der Waals surface area (Å²) in [5, 5.41) is 1.49. The topological polar surface area (TPSA) is 38.4 Å². The number of thioether (sulfide) groups is 1. The predicted molar refractivity (Wildman–Crippen MR) is 101 cm³/mol. The standard InChI is InChI=1S/C19H21ClN2S/c1-19(11-12-23-18(21)22-19)16-4-2-3-15(13-16)6-5-14-7-9-17(20)10-8-14/h2-4,7-10,13H,5-6,11-12H2,1H3,(H2,21,22). The van der Waals surface area contributed by atoms with Crippen LogP contribution in [0.3, 0.4) is 0 Å². The molecule has 0 bridgehead atoms. The smallest absolute Gasteiger partial charge is 0.154 e. The van der Waals surface area contributed by atoms with Crippen molar-refractivity contribution in [3.63, 3.8) is 0 Å². The third-order valence-corrected chi connectivity index (χ3v) is 5.41. The molecule has 1 heterocycles. The summed E-state index contributed by atoms with van der Waals surface area (Å²) in [4.78, 5) is 4.70. The summed E-state index contributed by atoms with van der Waals surface area (Å²) in [6.07, 6.45) is 3.05. The number of amidine groups is 1. The average molecular weight is 345 g/mol. The predicted octanol–water partition coefficient (Wildman–Crippen LogP) is 4.79. The highest BCUT2D eigenvalue weighted by molar-refractivity contribution is 8.13. The highest BCUT2D eigenvalue weighted by atomic mass is 35.5. The molecular weight excluding hydrogens is 324 g/mol. The molecule has 4 heteroatoms. The van der Waals surface area contributed by atoms with E-state index in [-0.39, 0.29) is 5.54 Å². The Morgan fingerprint density at radius 2 is 1.87 bits per heavy atom. The molecule has 0 aromatic heterocycles. The van der Waals surface area contributed by atoms with Gasteiger partial charge in [-0.25, -0.2) is 0 Å². The van der Waals surface area contributed by atoms with Crippen molar-refractivity contribution in [2.24, 2.45) is 10.7 Å². The second-order valence-corrected chi connectivity index (χ2v) is 7.70. The number of nitrogens with two attached hydrogens (primary N) is 1. The molecule has 23 heavy (non-hydrogen) atoms. The number of hydrogen-bond donors (Lipinski definition) is 1. The molecular formula is C19H21ClN2S. The zero-order valence-corrected chi connectivity index (χ0v) is 14.8. The van der Waals surface area contributed by atoms with Crippen molar-refractivity contribution < 1.29 is 0 Å². The zero-order valence-electron chi connectivity index (χ0n) is 13.3. The molecule has 1 unspecified atom stereocenters. The molecule has 0 spiro atoms. The summed E-state index contributed by atoms with van der Waals surface area (Å²) in [6.45, 7) is 2.18. The third-order valence-electron chi connectivity index (χ3n) is 4.36. The number of rotatable bonds is 4. The Morgan fingerprint density at radius 1 is 1.13 bits per heavy atom. The van der Waals surface area contributed by atoms with Gasteiger partial charge in [-0.1, -0.05) is 59.8 Å². The Labute approximate surface area is 147 Å². The molecule has 2 N–H and O–H groups in total. The molecule has 120 valence electrons. The van der Waals surface area contributed by atoms with Gasteiger partial charge in [0, 0.05) is 10.8 Å². The number of nitrogens with zero attached hydrogens (tertiary/aromatic N) is 1. The van der Waals surface area contributed by atoms with Gasteiger partial charge >= 0.3 is 0 Å². The first-order valence-corrected chi connectivity index (χ1v) is 9.23. The number of aliphatic imine (C=N–C) groups is 1. The Bertz CT molecular complexity index is 712. The Hall–Kier alpha value is -1.45. The van der Waals surface area contributed by atoms with Crippen LogP contribution >= 0.6 is 23.4 Å². The molecule has 0 radical (unpaired) electrons. The first kappa shape index (κ1) is 16.4. The number of hydrogen-bond acceptors (Lipinski definition) is 3. The summed E-state index contributed by atoms with van der Waals surface area (Å²) in [5.41, 5.74) is 9.65. The van der Waals surface area contributed by atoms with Crippen LogP contribution in [-0.2, 0) is 18.4 Å². The summed E-state index contributed by atoms with van der Waals surface area (Å²) in [5.74, 6) is 1.03. The minimum Gasteiger partial charge on any atom is -0.379 e. The zero-order chi connectivity index (χ0) is 16.3. The van der Waals surface area contributed by atoms with Crippen molar-refractivity contribution in [1.29, 1.82) is 0 Å². The van der Waals surface area contributed by atoms with E-state index in [1.165, 1.54) is 16.7 Å². The molecule has 2 aromatic carbocycles. The van der Waals surface area contributed by atoms with E-state index in [0.717, 1.165) is 30.0 Å². The van der Waals surface area contributed by atoms with Crippen LogP contribution < -0.4 is 5.73 Å². The lowest BCUT2D eigenvalue weighted by Crippen LogP contribution is -2.28. The van der Waals surface area contributed by atoms with Gasteiger partial charge in [0.05, 0.1) is 5.54 Å². The van der Waals surface area contributed by atoms with Gasteiger partial charge in [-0.05, 0) is 55.0 Å². The lowest BCUT2D eigenvalue weighted by molar-refractivity contribution is 0.481. The first-order chi connectivity index (χ1) is 11.0. The fraction of sp³-hybridized carbons (Fsp3) is 0.316. The largest absolute Gasteiger partial charge is 0.379 e.